The highest BCUT2D eigenvalue weighted by atomic mass is 16.1. The Hall–Kier alpha value is -4.45. The fourth-order valence-electron chi connectivity index (χ4n) is 3.61. The summed E-state index contributed by atoms with van der Waals surface area (Å²) in [5.74, 6) is 0.533. The molecule has 0 bridgehead atoms. The number of hydrogen-bond donors (Lipinski definition) is 2. The summed E-state index contributed by atoms with van der Waals surface area (Å²) >= 11 is 0. The highest BCUT2D eigenvalue weighted by Crippen LogP contribution is 2.33. The molecule has 2 heterocycles. The number of hydrogen-bond acceptors (Lipinski definition) is 4. The van der Waals surface area contributed by atoms with Crippen molar-refractivity contribution in [3.8, 4) is 0 Å². The van der Waals surface area contributed by atoms with Gasteiger partial charge in [-0.2, -0.15) is 4.98 Å². The number of nitrogens with one attached hydrogen (secondary N) is 2. The van der Waals surface area contributed by atoms with Gasteiger partial charge in [0.25, 0.3) is 11.9 Å². The maximum Gasteiger partial charge on any atom is 0.250 e. The lowest BCUT2D eigenvalue weighted by molar-refractivity contribution is -0.111. The van der Waals surface area contributed by atoms with Crippen LogP contribution in [0.4, 0.5) is 11.9 Å². The van der Waals surface area contributed by atoms with Crippen LogP contribution in [0.2, 0.25) is 0 Å². The number of carbonyl (C=O) groups is 1. The van der Waals surface area contributed by atoms with E-state index in [4.69, 9.17) is 0 Å². The number of nitrogens with zero attached hydrogens (tertiary/aromatic N) is 3. The number of carbonyl (C=O) groups excluding carboxylic acids is 1. The van der Waals surface area contributed by atoms with Crippen molar-refractivity contribution in [3.05, 3.63) is 120 Å². The molecule has 1 aromatic heterocycles. The minimum absolute atomic E-state index is 0.152. The largest absolute Gasteiger partial charge is 0.324 e. The summed E-state index contributed by atoms with van der Waals surface area (Å²) in [7, 11) is 0. The zero-order valence-electron chi connectivity index (χ0n) is 17.2. The van der Waals surface area contributed by atoms with Crippen molar-refractivity contribution in [1.82, 2.24) is 14.8 Å². The first-order chi connectivity index (χ1) is 15.8. The topological polar surface area (TPSA) is 71.8 Å². The molecule has 1 atom stereocenters. The quantitative estimate of drug-likeness (QED) is 0.447. The molecule has 5 rings (SSSR count). The molecule has 0 radical (unpaired) electrons. The van der Waals surface area contributed by atoms with Gasteiger partial charge in [0.15, 0.2) is 0 Å². The molecular weight excluding hydrogens is 398 g/mol. The predicted molar refractivity (Wildman–Crippen MR) is 127 cm³/mol. The molecule has 156 valence electrons. The van der Waals surface area contributed by atoms with Crippen LogP contribution in [0.25, 0.3) is 11.8 Å². The van der Waals surface area contributed by atoms with Gasteiger partial charge in [-0.1, -0.05) is 91.0 Å². The molecule has 6 heteroatoms. The SMILES string of the molecule is O=C(C=Cc1ccccc1)Nc1nc2n(n1)C(c1ccccc1)C=C(c1ccccc1)N2. The van der Waals surface area contributed by atoms with E-state index in [9.17, 15) is 4.79 Å². The van der Waals surface area contributed by atoms with Crippen molar-refractivity contribution in [1.29, 1.82) is 0 Å². The monoisotopic (exact) mass is 419 g/mol. The number of anilines is 2. The molecule has 1 amide bonds. The first-order valence-electron chi connectivity index (χ1n) is 10.4. The first kappa shape index (κ1) is 19.5. The highest BCUT2D eigenvalue weighted by molar-refractivity contribution is 6.01. The molecule has 0 saturated carbocycles. The Bertz CT molecular complexity index is 1280. The molecular formula is C26H21N5O. The van der Waals surface area contributed by atoms with Crippen LogP contribution in [0, 0.1) is 0 Å². The average Bonchev–Trinajstić information content (AvgIpc) is 3.26. The second kappa shape index (κ2) is 8.73. The van der Waals surface area contributed by atoms with Gasteiger partial charge in [0.2, 0.25) is 5.95 Å². The zero-order valence-corrected chi connectivity index (χ0v) is 17.2. The molecule has 2 N–H and O–H groups in total. The fraction of sp³-hybridized carbons (Fsp3) is 0.0385. The maximum absolute atomic E-state index is 12.4. The van der Waals surface area contributed by atoms with Crippen LogP contribution in [-0.4, -0.2) is 20.7 Å². The molecule has 32 heavy (non-hydrogen) atoms. The molecule has 0 saturated heterocycles. The summed E-state index contributed by atoms with van der Waals surface area (Å²) in [5.41, 5.74) is 4.03. The second-order valence-electron chi connectivity index (χ2n) is 7.36. The van der Waals surface area contributed by atoms with Crippen LogP contribution in [0.5, 0.6) is 0 Å². The number of aromatic nitrogens is 3. The Morgan fingerprint density at radius 2 is 1.56 bits per heavy atom. The Kier molecular flexibility index (Phi) is 5.32. The smallest absolute Gasteiger partial charge is 0.250 e. The van der Waals surface area contributed by atoms with Gasteiger partial charge >= 0.3 is 0 Å². The molecule has 3 aromatic carbocycles. The fourth-order valence-corrected chi connectivity index (χ4v) is 3.61. The molecule has 0 fully saturated rings. The number of fused-ring (bicyclic) bond motifs is 1. The Labute approximate surface area is 185 Å². The molecule has 4 aromatic rings. The Morgan fingerprint density at radius 1 is 0.906 bits per heavy atom. The lowest BCUT2D eigenvalue weighted by Gasteiger charge is -2.24. The first-order valence-corrected chi connectivity index (χ1v) is 10.4. The molecule has 6 nitrogen and oxygen atoms in total. The molecule has 1 aliphatic heterocycles. The maximum atomic E-state index is 12.4. The summed E-state index contributed by atoms with van der Waals surface area (Å²) < 4.78 is 1.79. The van der Waals surface area contributed by atoms with E-state index in [1.54, 1.807) is 10.8 Å². The number of allylic oxidation sites excluding steroid dienone is 1. The van der Waals surface area contributed by atoms with E-state index >= 15 is 0 Å². The van der Waals surface area contributed by atoms with Crippen molar-refractivity contribution < 1.29 is 4.79 Å². The van der Waals surface area contributed by atoms with Crippen LogP contribution >= 0.6 is 0 Å². The summed E-state index contributed by atoms with van der Waals surface area (Å²) in [6.45, 7) is 0. The summed E-state index contributed by atoms with van der Waals surface area (Å²) in [4.78, 5) is 16.9. The predicted octanol–water partition coefficient (Wildman–Crippen LogP) is 4.99. The van der Waals surface area contributed by atoms with E-state index in [0.717, 1.165) is 22.4 Å². The molecule has 0 aliphatic carbocycles. The summed E-state index contributed by atoms with van der Waals surface area (Å²) in [6.07, 6.45) is 5.35. The highest BCUT2D eigenvalue weighted by Gasteiger charge is 2.25. The van der Waals surface area contributed by atoms with Crippen molar-refractivity contribution >= 4 is 29.6 Å². The van der Waals surface area contributed by atoms with Gasteiger partial charge in [0.05, 0.1) is 0 Å². The van der Waals surface area contributed by atoms with Crippen LogP contribution in [0.1, 0.15) is 22.7 Å². The third-order valence-corrected chi connectivity index (χ3v) is 5.15. The van der Waals surface area contributed by atoms with Gasteiger partial charge in [0, 0.05) is 11.8 Å². The van der Waals surface area contributed by atoms with E-state index in [1.807, 2.05) is 78.9 Å². The summed E-state index contributed by atoms with van der Waals surface area (Å²) in [6, 6.07) is 29.7. The van der Waals surface area contributed by atoms with Crippen molar-refractivity contribution in [3.63, 3.8) is 0 Å². The minimum atomic E-state index is -0.288. The second-order valence-corrected chi connectivity index (χ2v) is 7.36. The van der Waals surface area contributed by atoms with E-state index in [0.29, 0.717) is 5.95 Å². The van der Waals surface area contributed by atoms with Gasteiger partial charge in [-0.25, -0.2) is 4.68 Å². The van der Waals surface area contributed by atoms with Crippen LogP contribution in [0.15, 0.2) is 103 Å². The van der Waals surface area contributed by atoms with E-state index in [1.165, 1.54) is 6.08 Å². The van der Waals surface area contributed by atoms with Crippen LogP contribution < -0.4 is 10.6 Å². The Morgan fingerprint density at radius 3 is 2.28 bits per heavy atom. The standard InChI is InChI=1S/C26H21N5O/c32-24(17-16-19-10-4-1-5-11-19)28-25-29-26-27-22(20-12-6-2-7-13-20)18-23(31(26)30-25)21-14-8-3-9-15-21/h1-18,23H,(H2,27,28,29,30,32). The third kappa shape index (κ3) is 4.20. The van der Waals surface area contributed by atoms with Gasteiger partial charge in [0.1, 0.15) is 6.04 Å². The average molecular weight is 419 g/mol. The third-order valence-electron chi connectivity index (χ3n) is 5.15. The lowest BCUT2D eigenvalue weighted by Crippen LogP contribution is -2.20. The van der Waals surface area contributed by atoms with E-state index < -0.39 is 0 Å². The van der Waals surface area contributed by atoms with E-state index in [-0.39, 0.29) is 17.9 Å². The van der Waals surface area contributed by atoms with Crippen LogP contribution in [0.3, 0.4) is 0 Å². The van der Waals surface area contributed by atoms with Gasteiger partial charge in [-0.15, -0.1) is 5.10 Å². The molecule has 1 aliphatic rings. The summed E-state index contributed by atoms with van der Waals surface area (Å²) in [5, 5.41) is 10.7. The lowest BCUT2D eigenvalue weighted by atomic mass is 10.0. The zero-order chi connectivity index (χ0) is 21.8. The van der Waals surface area contributed by atoms with E-state index in [2.05, 4.69) is 38.9 Å². The van der Waals surface area contributed by atoms with Crippen molar-refractivity contribution in [2.75, 3.05) is 10.6 Å². The number of rotatable bonds is 5. The Balaban J connectivity index is 1.43. The number of amides is 1. The number of benzene rings is 3. The van der Waals surface area contributed by atoms with Gasteiger partial charge in [-0.3, -0.25) is 10.1 Å². The van der Waals surface area contributed by atoms with Crippen molar-refractivity contribution in [2.45, 2.75) is 6.04 Å². The van der Waals surface area contributed by atoms with Gasteiger partial charge < -0.3 is 5.32 Å². The van der Waals surface area contributed by atoms with Crippen LogP contribution in [-0.2, 0) is 4.79 Å². The van der Waals surface area contributed by atoms with Crippen molar-refractivity contribution in [2.24, 2.45) is 0 Å². The minimum Gasteiger partial charge on any atom is -0.324 e. The molecule has 1 unspecified atom stereocenters. The normalized spacial score (nSPS) is 15.0. The van der Waals surface area contributed by atoms with Gasteiger partial charge in [-0.05, 0) is 28.8 Å². The molecule has 0 spiro atoms.